The van der Waals surface area contributed by atoms with Crippen LogP contribution in [0.3, 0.4) is 0 Å². The van der Waals surface area contributed by atoms with Crippen LogP contribution in [0.2, 0.25) is 0 Å². The maximum Gasteiger partial charge on any atom is 0.293 e. The summed E-state index contributed by atoms with van der Waals surface area (Å²) in [6.45, 7) is 0.374. The van der Waals surface area contributed by atoms with Crippen LogP contribution in [-0.4, -0.2) is 15.4 Å². The van der Waals surface area contributed by atoms with Crippen LogP contribution < -0.4 is 5.73 Å². The maximum atomic E-state index is 5.50. The molecule has 19 heavy (non-hydrogen) atoms. The largest absolute Gasteiger partial charge is 0.455 e. The van der Waals surface area contributed by atoms with E-state index in [0.717, 1.165) is 22.6 Å². The number of thioether (sulfide) groups is 1. The van der Waals surface area contributed by atoms with Crippen molar-refractivity contribution in [3.05, 3.63) is 23.7 Å². The topological polar surface area (TPSA) is 78.1 Å². The van der Waals surface area contributed by atoms with E-state index in [1.807, 2.05) is 23.9 Å². The molecule has 0 atom stereocenters. The number of hydrogen-bond acceptors (Lipinski definition) is 6. The van der Waals surface area contributed by atoms with E-state index in [2.05, 4.69) is 10.1 Å². The van der Waals surface area contributed by atoms with E-state index in [4.69, 9.17) is 14.7 Å². The second kappa shape index (κ2) is 5.79. The molecule has 1 aliphatic rings. The molecule has 0 saturated heterocycles. The average Bonchev–Trinajstić information content (AvgIpc) is 3.16. The molecule has 6 heteroatoms. The van der Waals surface area contributed by atoms with E-state index in [1.54, 1.807) is 0 Å². The Hall–Kier alpha value is -1.27. The highest BCUT2D eigenvalue weighted by molar-refractivity contribution is 7.99. The zero-order valence-electron chi connectivity index (χ0n) is 10.7. The van der Waals surface area contributed by atoms with Gasteiger partial charge in [-0.3, -0.25) is 0 Å². The third kappa shape index (κ3) is 3.01. The molecule has 0 aromatic carbocycles. The third-order valence-electron chi connectivity index (χ3n) is 3.29. The lowest BCUT2D eigenvalue weighted by Crippen LogP contribution is -1.95. The highest BCUT2D eigenvalue weighted by atomic mass is 32.2. The van der Waals surface area contributed by atoms with Crippen molar-refractivity contribution >= 4 is 11.8 Å². The minimum atomic E-state index is 0.374. The second-order valence-electron chi connectivity index (χ2n) is 4.70. The van der Waals surface area contributed by atoms with Crippen LogP contribution in [0, 0.1) is 0 Å². The fourth-order valence-electron chi connectivity index (χ4n) is 2.26. The van der Waals surface area contributed by atoms with Crippen molar-refractivity contribution in [2.75, 3.05) is 0 Å². The van der Waals surface area contributed by atoms with Crippen LogP contribution in [0.1, 0.15) is 37.3 Å². The predicted molar refractivity (Wildman–Crippen MR) is 73.4 cm³/mol. The summed E-state index contributed by atoms with van der Waals surface area (Å²) in [6.07, 6.45) is 5.33. The van der Waals surface area contributed by atoms with Crippen molar-refractivity contribution in [1.29, 1.82) is 0 Å². The SMILES string of the molecule is NCc1ccc(-c2nc(CSC3CCCC3)no2)o1. The Balaban J connectivity index is 1.62. The molecule has 1 aliphatic carbocycles. The molecule has 0 unspecified atom stereocenters. The first kappa shape index (κ1) is 12.7. The molecule has 2 aromatic heterocycles. The maximum absolute atomic E-state index is 5.50. The van der Waals surface area contributed by atoms with Gasteiger partial charge < -0.3 is 14.7 Å². The Kier molecular flexibility index (Phi) is 3.89. The summed E-state index contributed by atoms with van der Waals surface area (Å²) in [6, 6.07) is 3.64. The summed E-state index contributed by atoms with van der Waals surface area (Å²) in [5.74, 6) is 3.28. The molecule has 1 saturated carbocycles. The summed E-state index contributed by atoms with van der Waals surface area (Å²) >= 11 is 1.92. The summed E-state index contributed by atoms with van der Waals surface area (Å²) in [4.78, 5) is 4.36. The molecular formula is C13H17N3O2S. The first-order valence-electron chi connectivity index (χ1n) is 6.58. The molecule has 0 amide bonds. The van der Waals surface area contributed by atoms with Crippen LogP contribution in [-0.2, 0) is 12.3 Å². The minimum Gasteiger partial charge on any atom is -0.455 e. The Bertz CT molecular complexity index is 531. The smallest absolute Gasteiger partial charge is 0.293 e. The highest BCUT2D eigenvalue weighted by Crippen LogP contribution is 2.31. The van der Waals surface area contributed by atoms with Crippen molar-refractivity contribution in [1.82, 2.24) is 10.1 Å². The van der Waals surface area contributed by atoms with Gasteiger partial charge in [-0.1, -0.05) is 18.0 Å². The van der Waals surface area contributed by atoms with E-state index < -0.39 is 0 Å². The molecule has 102 valence electrons. The summed E-state index contributed by atoms with van der Waals surface area (Å²) < 4.78 is 10.7. The molecule has 2 heterocycles. The van der Waals surface area contributed by atoms with E-state index in [0.29, 0.717) is 18.2 Å². The number of nitrogens with zero attached hydrogens (tertiary/aromatic N) is 2. The van der Waals surface area contributed by atoms with E-state index in [1.165, 1.54) is 25.7 Å². The fraction of sp³-hybridized carbons (Fsp3) is 0.538. The molecule has 3 rings (SSSR count). The van der Waals surface area contributed by atoms with Gasteiger partial charge in [0.2, 0.25) is 0 Å². The van der Waals surface area contributed by atoms with Gasteiger partial charge in [0.05, 0.1) is 12.3 Å². The van der Waals surface area contributed by atoms with Crippen LogP contribution >= 0.6 is 11.8 Å². The van der Waals surface area contributed by atoms with E-state index >= 15 is 0 Å². The lowest BCUT2D eigenvalue weighted by atomic mass is 10.4. The zero-order chi connectivity index (χ0) is 13.1. The molecule has 2 aromatic rings. The van der Waals surface area contributed by atoms with Crippen molar-refractivity contribution in [3.8, 4) is 11.7 Å². The van der Waals surface area contributed by atoms with E-state index in [9.17, 15) is 0 Å². The molecular weight excluding hydrogens is 262 g/mol. The van der Waals surface area contributed by atoms with Gasteiger partial charge in [0.25, 0.3) is 5.89 Å². The Labute approximate surface area is 115 Å². The molecule has 1 fully saturated rings. The highest BCUT2D eigenvalue weighted by Gasteiger charge is 2.17. The standard InChI is InChI=1S/C13H17N3O2S/c14-7-9-5-6-11(17-9)13-15-12(16-18-13)8-19-10-3-1-2-4-10/h5-6,10H,1-4,7-8,14H2. The Morgan fingerprint density at radius 2 is 2.16 bits per heavy atom. The fourth-order valence-corrected chi connectivity index (χ4v) is 3.43. The first-order valence-corrected chi connectivity index (χ1v) is 7.63. The Morgan fingerprint density at radius 3 is 2.89 bits per heavy atom. The Morgan fingerprint density at radius 1 is 1.32 bits per heavy atom. The molecule has 0 spiro atoms. The van der Waals surface area contributed by atoms with Gasteiger partial charge in [-0.15, -0.1) is 0 Å². The normalized spacial score (nSPS) is 16.3. The molecule has 5 nitrogen and oxygen atoms in total. The van der Waals surface area contributed by atoms with Gasteiger partial charge in [0.1, 0.15) is 5.76 Å². The lowest BCUT2D eigenvalue weighted by Gasteiger charge is -2.04. The minimum absolute atomic E-state index is 0.374. The van der Waals surface area contributed by atoms with E-state index in [-0.39, 0.29) is 0 Å². The van der Waals surface area contributed by atoms with Crippen molar-refractivity contribution in [2.45, 2.75) is 43.2 Å². The van der Waals surface area contributed by atoms with Gasteiger partial charge in [-0.2, -0.15) is 16.7 Å². The molecule has 0 bridgehead atoms. The van der Waals surface area contributed by atoms with Crippen molar-refractivity contribution < 1.29 is 8.94 Å². The van der Waals surface area contributed by atoms with Gasteiger partial charge in [-0.05, 0) is 25.0 Å². The quantitative estimate of drug-likeness (QED) is 0.906. The van der Waals surface area contributed by atoms with Gasteiger partial charge in [0.15, 0.2) is 11.6 Å². The summed E-state index contributed by atoms with van der Waals surface area (Å²) in [5.41, 5.74) is 5.50. The predicted octanol–water partition coefficient (Wildman–Crippen LogP) is 2.96. The third-order valence-corrected chi connectivity index (χ3v) is 4.66. The van der Waals surface area contributed by atoms with Gasteiger partial charge in [0, 0.05) is 5.25 Å². The van der Waals surface area contributed by atoms with Crippen LogP contribution in [0.25, 0.3) is 11.7 Å². The first-order chi connectivity index (χ1) is 9.35. The monoisotopic (exact) mass is 279 g/mol. The van der Waals surface area contributed by atoms with Crippen LogP contribution in [0.15, 0.2) is 21.1 Å². The average molecular weight is 279 g/mol. The number of aromatic nitrogens is 2. The zero-order valence-corrected chi connectivity index (χ0v) is 11.5. The number of hydrogen-bond donors (Lipinski definition) is 1. The second-order valence-corrected chi connectivity index (χ2v) is 5.99. The van der Waals surface area contributed by atoms with Gasteiger partial charge >= 0.3 is 0 Å². The summed E-state index contributed by atoms with van der Waals surface area (Å²) in [7, 11) is 0. The summed E-state index contributed by atoms with van der Waals surface area (Å²) in [5, 5.41) is 4.75. The molecule has 0 radical (unpaired) electrons. The number of nitrogens with two attached hydrogens (primary N) is 1. The van der Waals surface area contributed by atoms with Crippen LogP contribution in [0.5, 0.6) is 0 Å². The number of furan rings is 1. The van der Waals surface area contributed by atoms with Crippen molar-refractivity contribution in [3.63, 3.8) is 0 Å². The van der Waals surface area contributed by atoms with Crippen LogP contribution in [0.4, 0.5) is 0 Å². The number of rotatable bonds is 5. The molecule has 0 aliphatic heterocycles. The molecule has 2 N–H and O–H groups in total. The van der Waals surface area contributed by atoms with Crippen molar-refractivity contribution in [2.24, 2.45) is 5.73 Å². The van der Waals surface area contributed by atoms with Gasteiger partial charge in [-0.25, -0.2) is 0 Å². The lowest BCUT2D eigenvalue weighted by molar-refractivity contribution is 0.407.